The highest BCUT2D eigenvalue weighted by molar-refractivity contribution is 7.71. The zero-order valence-electron chi connectivity index (χ0n) is 14.8. The smallest absolute Gasteiger partial charge is 0.257 e. The van der Waals surface area contributed by atoms with Crippen molar-refractivity contribution in [1.29, 1.82) is 0 Å². The number of anilines is 1. The van der Waals surface area contributed by atoms with Gasteiger partial charge in [0.2, 0.25) is 0 Å². The molecule has 0 saturated heterocycles. The maximum atomic E-state index is 12.4. The van der Waals surface area contributed by atoms with Crippen molar-refractivity contribution in [1.82, 2.24) is 19.7 Å². The molecule has 3 rings (SSSR count). The van der Waals surface area contributed by atoms with Crippen molar-refractivity contribution in [2.45, 2.75) is 19.6 Å². The minimum absolute atomic E-state index is 0.205. The van der Waals surface area contributed by atoms with Gasteiger partial charge in [0.05, 0.1) is 18.7 Å². The molecule has 2 N–H and O–H groups in total. The lowest BCUT2D eigenvalue weighted by Gasteiger charge is -2.04. The summed E-state index contributed by atoms with van der Waals surface area (Å²) in [6.45, 7) is 4.77. The van der Waals surface area contributed by atoms with Gasteiger partial charge in [0.25, 0.3) is 5.91 Å². The van der Waals surface area contributed by atoms with Crippen LogP contribution in [0.15, 0.2) is 42.3 Å². The molecule has 0 aliphatic heterocycles. The predicted octanol–water partition coefficient (Wildman–Crippen LogP) is 3.57. The molecule has 2 heterocycles. The second-order valence-electron chi connectivity index (χ2n) is 5.75. The number of aromatic amines is 1. The largest absolute Gasteiger partial charge is 0.380 e. The van der Waals surface area contributed by atoms with Crippen LogP contribution in [0.4, 0.5) is 5.13 Å². The minimum Gasteiger partial charge on any atom is -0.380 e. The number of nitrogens with one attached hydrogen (secondary N) is 2. The topological polar surface area (TPSA) is 84.8 Å². The third-order valence-corrected chi connectivity index (χ3v) is 4.88. The predicted molar refractivity (Wildman–Crippen MR) is 108 cm³/mol. The standard InChI is InChI=1S/C18H19N5O2S2/c1-3-7-23-15(21-22-18(23)26)9-14-11-27-17(19-14)20-16(24)13-6-4-5-12(8-13)10-25-2/h3-6,8,11H,1,7,9-10H2,2H3,(H,22,26)(H,19,20,24). The molecule has 2 aromatic heterocycles. The molecule has 0 aliphatic rings. The van der Waals surface area contributed by atoms with Gasteiger partial charge in [-0.25, -0.2) is 4.98 Å². The highest BCUT2D eigenvalue weighted by Crippen LogP contribution is 2.19. The van der Waals surface area contributed by atoms with E-state index in [1.165, 1.54) is 11.3 Å². The Bertz CT molecular complexity index is 1010. The monoisotopic (exact) mass is 401 g/mol. The zero-order chi connectivity index (χ0) is 19.2. The number of H-pyrrole nitrogens is 1. The molecule has 0 radical (unpaired) electrons. The van der Waals surface area contributed by atoms with Crippen molar-refractivity contribution in [3.8, 4) is 0 Å². The molecule has 7 nitrogen and oxygen atoms in total. The summed E-state index contributed by atoms with van der Waals surface area (Å²) >= 11 is 6.58. The minimum atomic E-state index is -0.205. The van der Waals surface area contributed by atoms with Gasteiger partial charge in [-0.3, -0.25) is 19.8 Å². The molecule has 0 spiro atoms. The molecular weight excluding hydrogens is 382 g/mol. The lowest BCUT2D eigenvalue weighted by atomic mass is 10.1. The van der Waals surface area contributed by atoms with Crippen LogP contribution in [0, 0.1) is 4.77 Å². The molecule has 1 aromatic carbocycles. The fourth-order valence-corrected chi connectivity index (χ4v) is 3.48. The van der Waals surface area contributed by atoms with E-state index in [9.17, 15) is 4.79 Å². The van der Waals surface area contributed by atoms with E-state index in [2.05, 4.69) is 27.1 Å². The summed E-state index contributed by atoms with van der Waals surface area (Å²) in [5, 5.41) is 12.3. The summed E-state index contributed by atoms with van der Waals surface area (Å²) in [7, 11) is 1.62. The molecule has 0 bridgehead atoms. The van der Waals surface area contributed by atoms with Gasteiger partial charge in [0.1, 0.15) is 5.82 Å². The number of ether oxygens (including phenoxy) is 1. The number of benzene rings is 1. The number of carbonyl (C=O) groups is 1. The average molecular weight is 402 g/mol. The molecule has 9 heteroatoms. The first-order valence-corrected chi connectivity index (χ1v) is 9.48. The summed E-state index contributed by atoms with van der Waals surface area (Å²) in [5.41, 5.74) is 2.31. The van der Waals surface area contributed by atoms with E-state index in [-0.39, 0.29) is 5.91 Å². The number of hydrogen-bond acceptors (Lipinski definition) is 6. The number of carbonyl (C=O) groups excluding carboxylic acids is 1. The van der Waals surface area contributed by atoms with E-state index in [4.69, 9.17) is 17.0 Å². The average Bonchev–Trinajstić information content (AvgIpc) is 3.24. The Morgan fingerprint density at radius 3 is 3.15 bits per heavy atom. The number of aromatic nitrogens is 4. The molecule has 0 aliphatic carbocycles. The fourth-order valence-electron chi connectivity index (χ4n) is 2.55. The van der Waals surface area contributed by atoms with Crippen molar-refractivity contribution in [2.24, 2.45) is 0 Å². The molecule has 3 aromatic rings. The van der Waals surface area contributed by atoms with Crippen LogP contribution in [0.25, 0.3) is 0 Å². The fraction of sp³-hybridized carbons (Fsp3) is 0.222. The van der Waals surface area contributed by atoms with Crippen LogP contribution in [0.1, 0.15) is 27.4 Å². The van der Waals surface area contributed by atoms with Gasteiger partial charge in [-0.2, -0.15) is 5.10 Å². The Kier molecular flexibility index (Phi) is 6.28. The SMILES string of the molecule is C=CCn1c(Cc2csc(NC(=O)c3cccc(COC)c3)n2)n[nH]c1=S. The second-order valence-corrected chi connectivity index (χ2v) is 7.00. The van der Waals surface area contributed by atoms with Gasteiger partial charge in [-0.15, -0.1) is 17.9 Å². The van der Waals surface area contributed by atoms with E-state index >= 15 is 0 Å². The van der Waals surface area contributed by atoms with E-state index in [1.54, 1.807) is 25.3 Å². The van der Waals surface area contributed by atoms with Gasteiger partial charge in [-0.1, -0.05) is 18.2 Å². The number of rotatable bonds is 8. The van der Waals surface area contributed by atoms with Crippen LogP contribution in [0.3, 0.4) is 0 Å². The first-order valence-electron chi connectivity index (χ1n) is 8.19. The van der Waals surface area contributed by atoms with E-state index in [0.29, 0.717) is 35.0 Å². The molecule has 0 saturated carbocycles. The molecule has 0 atom stereocenters. The lowest BCUT2D eigenvalue weighted by molar-refractivity contribution is 0.102. The van der Waals surface area contributed by atoms with Gasteiger partial charge >= 0.3 is 0 Å². The second kappa shape index (κ2) is 8.85. The molecule has 1 amide bonds. The van der Waals surface area contributed by atoms with E-state index in [0.717, 1.165) is 17.1 Å². The third kappa shape index (κ3) is 4.76. The van der Waals surface area contributed by atoms with Crippen LogP contribution in [0.5, 0.6) is 0 Å². The highest BCUT2D eigenvalue weighted by Gasteiger charge is 2.12. The Morgan fingerprint density at radius 2 is 2.37 bits per heavy atom. The Morgan fingerprint density at radius 1 is 1.52 bits per heavy atom. The Labute approximate surface area is 165 Å². The molecule has 27 heavy (non-hydrogen) atoms. The summed E-state index contributed by atoms with van der Waals surface area (Å²) < 4.78 is 7.51. The van der Waals surface area contributed by atoms with Gasteiger partial charge in [-0.05, 0) is 29.9 Å². The zero-order valence-corrected chi connectivity index (χ0v) is 16.4. The van der Waals surface area contributed by atoms with Crippen molar-refractivity contribution in [2.75, 3.05) is 12.4 Å². The molecule has 140 valence electrons. The van der Waals surface area contributed by atoms with Crippen molar-refractivity contribution in [3.63, 3.8) is 0 Å². The van der Waals surface area contributed by atoms with E-state index in [1.807, 2.05) is 22.1 Å². The van der Waals surface area contributed by atoms with E-state index < -0.39 is 0 Å². The number of allylic oxidation sites excluding steroid dienone is 1. The first kappa shape index (κ1) is 19.2. The Balaban J connectivity index is 1.69. The molecular formula is C18H19N5O2S2. The van der Waals surface area contributed by atoms with Gasteiger partial charge in [0, 0.05) is 24.6 Å². The van der Waals surface area contributed by atoms with Crippen molar-refractivity contribution < 1.29 is 9.53 Å². The maximum Gasteiger partial charge on any atom is 0.257 e. The quantitative estimate of drug-likeness (QED) is 0.445. The van der Waals surface area contributed by atoms with Crippen LogP contribution in [-0.4, -0.2) is 32.8 Å². The van der Waals surface area contributed by atoms with Crippen LogP contribution >= 0.6 is 23.6 Å². The van der Waals surface area contributed by atoms with Gasteiger partial charge in [0.15, 0.2) is 9.90 Å². The first-order chi connectivity index (χ1) is 13.1. The van der Waals surface area contributed by atoms with Gasteiger partial charge < -0.3 is 4.74 Å². The number of hydrogen-bond donors (Lipinski definition) is 2. The van der Waals surface area contributed by atoms with Crippen LogP contribution < -0.4 is 5.32 Å². The number of nitrogens with zero attached hydrogens (tertiary/aromatic N) is 3. The summed E-state index contributed by atoms with van der Waals surface area (Å²) in [5.74, 6) is 0.568. The maximum absolute atomic E-state index is 12.4. The lowest BCUT2D eigenvalue weighted by Crippen LogP contribution is -2.12. The summed E-state index contributed by atoms with van der Waals surface area (Å²) in [6, 6.07) is 7.31. The van der Waals surface area contributed by atoms with Crippen LogP contribution in [-0.2, 0) is 24.3 Å². The molecule has 0 fully saturated rings. The van der Waals surface area contributed by atoms with Crippen LogP contribution in [0.2, 0.25) is 0 Å². The van der Waals surface area contributed by atoms with Crippen molar-refractivity contribution >= 4 is 34.6 Å². The highest BCUT2D eigenvalue weighted by atomic mass is 32.1. The number of thiazole rings is 1. The molecule has 0 unspecified atom stereocenters. The number of amides is 1. The van der Waals surface area contributed by atoms with Crippen molar-refractivity contribution in [3.05, 3.63) is 69.7 Å². The normalized spacial score (nSPS) is 10.7. The summed E-state index contributed by atoms with van der Waals surface area (Å²) in [4.78, 5) is 16.9. The number of methoxy groups -OCH3 is 1. The summed E-state index contributed by atoms with van der Waals surface area (Å²) in [6.07, 6.45) is 2.27. The Hall–Kier alpha value is -2.62. The third-order valence-electron chi connectivity index (χ3n) is 3.76.